The molecule has 0 bridgehead atoms. The molecule has 0 spiro atoms. The number of benzene rings is 1. The molecule has 1 aromatic heterocycles. The number of carbonyl (C=O) groups excluding carboxylic acids is 1. The van der Waals surface area contributed by atoms with Gasteiger partial charge in [0.15, 0.2) is 0 Å². The van der Waals surface area contributed by atoms with Crippen LogP contribution >= 0.6 is 11.9 Å². The molecule has 0 aliphatic heterocycles. The molecule has 0 unspecified atom stereocenters. The van der Waals surface area contributed by atoms with E-state index >= 15 is 0 Å². The van der Waals surface area contributed by atoms with E-state index in [1.165, 1.54) is 11.9 Å². The van der Waals surface area contributed by atoms with Gasteiger partial charge in [-0.3, -0.25) is 4.72 Å². The Hall–Kier alpha value is -2.36. The fraction of sp³-hybridized carbons (Fsp3) is 0.389. The van der Waals surface area contributed by atoms with E-state index in [0.717, 1.165) is 29.0 Å². The first kappa shape index (κ1) is 19.4. The van der Waals surface area contributed by atoms with Gasteiger partial charge in [-0.2, -0.15) is 0 Å². The number of nitrogens with zero attached hydrogens (tertiary/aromatic N) is 2. The summed E-state index contributed by atoms with van der Waals surface area (Å²) in [6.45, 7) is 1.05. The lowest BCUT2D eigenvalue weighted by Gasteiger charge is -2.34. The molecule has 9 heteroatoms. The smallest absolute Gasteiger partial charge is 0.404 e. The van der Waals surface area contributed by atoms with Crippen LogP contribution in [0.3, 0.4) is 0 Å². The van der Waals surface area contributed by atoms with Gasteiger partial charge in [-0.1, -0.05) is 0 Å². The summed E-state index contributed by atoms with van der Waals surface area (Å²) in [7, 11) is 0. The zero-order valence-corrected chi connectivity index (χ0v) is 15.6. The zero-order valence-electron chi connectivity index (χ0n) is 14.8. The minimum atomic E-state index is -0.717. The van der Waals surface area contributed by atoms with Crippen molar-refractivity contribution in [3.8, 4) is 0 Å². The largest absolute Gasteiger partial charge is 0.449 e. The highest BCUT2D eigenvalue weighted by Crippen LogP contribution is 2.41. The predicted molar refractivity (Wildman–Crippen MR) is 104 cm³/mol. The molecule has 5 N–H and O–H groups in total. The first-order chi connectivity index (χ1) is 13.1. The SMILES string of the molecule is NC(=O)OCC1CC(c2cnc(Nc3ccc(SNCCO)cc3)nc2)C1. The number of amides is 1. The third-order valence-electron chi connectivity index (χ3n) is 4.35. The first-order valence-electron chi connectivity index (χ1n) is 8.76. The summed E-state index contributed by atoms with van der Waals surface area (Å²) in [5.74, 6) is 1.32. The maximum atomic E-state index is 10.6. The summed E-state index contributed by atoms with van der Waals surface area (Å²) in [6, 6.07) is 7.87. The minimum Gasteiger partial charge on any atom is -0.449 e. The Labute approximate surface area is 162 Å². The molecule has 1 aliphatic carbocycles. The van der Waals surface area contributed by atoms with E-state index in [4.69, 9.17) is 15.6 Å². The number of nitrogens with one attached hydrogen (secondary N) is 2. The molecule has 1 aromatic carbocycles. The lowest BCUT2D eigenvalue weighted by molar-refractivity contribution is 0.101. The van der Waals surface area contributed by atoms with Gasteiger partial charge in [0.25, 0.3) is 0 Å². The molecule has 8 nitrogen and oxygen atoms in total. The second kappa shape index (κ2) is 9.54. The van der Waals surface area contributed by atoms with Crippen LogP contribution in [0.1, 0.15) is 24.3 Å². The normalized spacial score (nSPS) is 18.6. The predicted octanol–water partition coefficient (Wildman–Crippen LogP) is 2.40. The fourth-order valence-electron chi connectivity index (χ4n) is 2.87. The van der Waals surface area contributed by atoms with Crippen LogP contribution in [0, 0.1) is 5.92 Å². The van der Waals surface area contributed by atoms with Crippen LogP contribution in [0.5, 0.6) is 0 Å². The molecule has 1 heterocycles. The van der Waals surface area contributed by atoms with Crippen molar-refractivity contribution >= 4 is 29.7 Å². The Balaban J connectivity index is 1.46. The summed E-state index contributed by atoms with van der Waals surface area (Å²) >= 11 is 1.48. The Kier molecular flexibility index (Phi) is 6.86. The number of nitrogens with two attached hydrogens (primary N) is 1. The van der Waals surface area contributed by atoms with Crippen LogP contribution in [0.4, 0.5) is 16.4 Å². The van der Waals surface area contributed by atoms with E-state index in [1.807, 2.05) is 36.7 Å². The molecule has 0 atom stereocenters. The topological polar surface area (TPSA) is 122 Å². The highest BCUT2D eigenvalue weighted by molar-refractivity contribution is 7.97. The summed E-state index contributed by atoms with van der Waals surface area (Å²) in [4.78, 5) is 20.5. The minimum absolute atomic E-state index is 0.114. The summed E-state index contributed by atoms with van der Waals surface area (Å²) in [6.07, 6.45) is 4.87. The molecule has 1 saturated carbocycles. The van der Waals surface area contributed by atoms with Crippen molar-refractivity contribution in [2.24, 2.45) is 11.7 Å². The van der Waals surface area contributed by atoms with Crippen LogP contribution < -0.4 is 15.8 Å². The highest BCUT2D eigenvalue weighted by atomic mass is 32.2. The van der Waals surface area contributed by atoms with Gasteiger partial charge in [0.05, 0.1) is 13.2 Å². The number of hydrogen-bond donors (Lipinski definition) is 4. The molecule has 2 aromatic rings. The van der Waals surface area contributed by atoms with Gasteiger partial charge in [-0.25, -0.2) is 14.8 Å². The van der Waals surface area contributed by atoms with Crippen molar-refractivity contribution in [3.05, 3.63) is 42.2 Å². The Bertz CT molecular complexity index is 736. The molecule has 0 saturated heterocycles. The molecular weight excluding hydrogens is 366 g/mol. The maximum Gasteiger partial charge on any atom is 0.404 e. The van der Waals surface area contributed by atoms with Crippen LogP contribution in [-0.4, -0.2) is 40.9 Å². The van der Waals surface area contributed by atoms with E-state index in [-0.39, 0.29) is 6.61 Å². The maximum absolute atomic E-state index is 10.6. The third kappa shape index (κ3) is 5.81. The van der Waals surface area contributed by atoms with Crippen molar-refractivity contribution in [2.45, 2.75) is 23.7 Å². The van der Waals surface area contributed by atoms with Crippen molar-refractivity contribution in [3.63, 3.8) is 0 Å². The van der Waals surface area contributed by atoms with Gasteiger partial charge in [0.2, 0.25) is 5.95 Å². The van der Waals surface area contributed by atoms with E-state index in [0.29, 0.717) is 30.9 Å². The number of ether oxygens (including phenoxy) is 1. The Morgan fingerprint density at radius 3 is 2.59 bits per heavy atom. The van der Waals surface area contributed by atoms with E-state index in [9.17, 15) is 4.79 Å². The van der Waals surface area contributed by atoms with Gasteiger partial charge < -0.3 is 20.9 Å². The van der Waals surface area contributed by atoms with Crippen molar-refractivity contribution in [2.75, 3.05) is 25.1 Å². The number of hydrogen-bond acceptors (Lipinski definition) is 8. The number of carbonyl (C=O) groups is 1. The number of aromatic nitrogens is 2. The van der Waals surface area contributed by atoms with Gasteiger partial charge in [0, 0.05) is 29.5 Å². The van der Waals surface area contributed by atoms with Gasteiger partial charge in [-0.15, -0.1) is 0 Å². The summed E-state index contributed by atoms with van der Waals surface area (Å²) in [5.41, 5.74) is 6.98. The lowest BCUT2D eigenvalue weighted by atomic mass is 9.72. The van der Waals surface area contributed by atoms with Crippen LogP contribution in [0.25, 0.3) is 0 Å². The third-order valence-corrected chi connectivity index (χ3v) is 5.21. The standard InChI is InChI=1S/C18H23N5O3S/c19-17(25)26-11-12-7-13(8-12)14-9-20-18(21-10-14)23-15-1-3-16(4-2-15)27-22-5-6-24/h1-4,9-10,12-13,22,24H,5-8,11H2,(H2,19,25)(H,20,21,23). The summed E-state index contributed by atoms with van der Waals surface area (Å²) < 4.78 is 7.89. The molecule has 144 valence electrons. The monoisotopic (exact) mass is 389 g/mol. The highest BCUT2D eigenvalue weighted by Gasteiger charge is 2.31. The Morgan fingerprint density at radius 2 is 1.96 bits per heavy atom. The molecule has 1 amide bonds. The van der Waals surface area contributed by atoms with Crippen molar-refractivity contribution in [1.82, 2.24) is 14.7 Å². The molecule has 1 aliphatic rings. The number of rotatable bonds is 9. The average molecular weight is 389 g/mol. The van der Waals surface area contributed by atoms with Crippen LogP contribution in [0.15, 0.2) is 41.6 Å². The fourth-order valence-corrected chi connectivity index (χ4v) is 3.50. The van der Waals surface area contributed by atoms with Gasteiger partial charge >= 0.3 is 6.09 Å². The van der Waals surface area contributed by atoms with E-state index < -0.39 is 6.09 Å². The van der Waals surface area contributed by atoms with Gasteiger partial charge in [-0.05, 0) is 66.5 Å². The van der Waals surface area contributed by atoms with Crippen LogP contribution in [-0.2, 0) is 4.74 Å². The number of aliphatic hydroxyl groups is 1. The zero-order chi connectivity index (χ0) is 19.1. The van der Waals surface area contributed by atoms with Crippen molar-refractivity contribution < 1.29 is 14.6 Å². The van der Waals surface area contributed by atoms with Crippen molar-refractivity contribution in [1.29, 1.82) is 0 Å². The van der Waals surface area contributed by atoms with E-state index in [1.54, 1.807) is 0 Å². The second-order valence-corrected chi connectivity index (χ2v) is 7.34. The first-order valence-corrected chi connectivity index (χ1v) is 9.57. The Morgan fingerprint density at radius 1 is 1.26 bits per heavy atom. The quantitative estimate of drug-likeness (QED) is 0.381. The number of anilines is 2. The van der Waals surface area contributed by atoms with Crippen LogP contribution in [0.2, 0.25) is 0 Å². The summed E-state index contributed by atoms with van der Waals surface area (Å²) in [5, 5.41) is 11.9. The number of primary amides is 1. The average Bonchev–Trinajstić information content (AvgIpc) is 2.63. The molecule has 0 radical (unpaired) electrons. The second-order valence-electron chi connectivity index (χ2n) is 6.37. The number of aliphatic hydroxyl groups excluding tert-OH is 1. The van der Waals surface area contributed by atoms with E-state index in [2.05, 4.69) is 20.0 Å². The molecular formula is C18H23N5O3S. The molecule has 1 fully saturated rings. The molecule has 27 heavy (non-hydrogen) atoms. The molecule has 3 rings (SSSR count). The van der Waals surface area contributed by atoms with Gasteiger partial charge in [0.1, 0.15) is 0 Å². The lowest BCUT2D eigenvalue weighted by Crippen LogP contribution is -2.28.